The second kappa shape index (κ2) is 13.0. The predicted molar refractivity (Wildman–Crippen MR) is 110 cm³/mol. The summed E-state index contributed by atoms with van der Waals surface area (Å²) in [6.07, 6.45) is 12.9. The van der Waals surface area contributed by atoms with Crippen molar-refractivity contribution in [2.45, 2.75) is 96.5 Å². The summed E-state index contributed by atoms with van der Waals surface area (Å²) in [5.74, 6) is 0.255. The predicted octanol–water partition coefficient (Wildman–Crippen LogP) is 3.94. The molecule has 0 saturated heterocycles. The van der Waals surface area contributed by atoms with Crippen LogP contribution in [0.5, 0.6) is 0 Å². The third kappa shape index (κ3) is 8.36. The summed E-state index contributed by atoms with van der Waals surface area (Å²) in [6.45, 7) is 3.11. The van der Waals surface area contributed by atoms with Gasteiger partial charge in [0.05, 0.1) is 0 Å². The number of hydrogen-bond donors (Lipinski definition) is 2. The summed E-state index contributed by atoms with van der Waals surface area (Å²) in [4.78, 5) is 35.1. The van der Waals surface area contributed by atoms with Crippen LogP contribution in [0.2, 0.25) is 0 Å². The van der Waals surface area contributed by atoms with Gasteiger partial charge in [-0.2, -0.15) is 0 Å². The molecule has 0 aromatic heterocycles. The van der Waals surface area contributed by atoms with Crippen molar-refractivity contribution in [2.24, 2.45) is 11.8 Å². The van der Waals surface area contributed by atoms with Gasteiger partial charge in [0.2, 0.25) is 0 Å². The number of carbonyl (C=O) groups excluding carboxylic acids is 3. The van der Waals surface area contributed by atoms with Crippen molar-refractivity contribution in [3.8, 4) is 0 Å². The average Bonchev–Trinajstić information content (AvgIpc) is 3.02. The highest BCUT2D eigenvalue weighted by atomic mass is 16.3. The minimum atomic E-state index is -1.28. The van der Waals surface area contributed by atoms with Crippen molar-refractivity contribution in [2.75, 3.05) is 6.61 Å². The first-order valence-corrected chi connectivity index (χ1v) is 10.9. The van der Waals surface area contributed by atoms with Crippen molar-refractivity contribution in [3.05, 3.63) is 12.2 Å². The highest BCUT2D eigenvalue weighted by Crippen LogP contribution is 2.34. The maximum absolute atomic E-state index is 12.2. The van der Waals surface area contributed by atoms with E-state index in [0.717, 1.165) is 51.4 Å². The third-order valence-corrected chi connectivity index (χ3v) is 5.99. The second-order valence-corrected chi connectivity index (χ2v) is 8.25. The molecule has 0 heterocycles. The molecule has 0 aliphatic heterocycles. The van der Waals surface area contributed by atoms with Crippen molar-refractivity contribution < 1.29 is 24.6 Å². The van der Waals surface area contributed by atoms with Gasteiger partial charge in [0, 0.05) is 25.2 Å². The van der Waals surface area contributed by atoms with Crippen LogP contribution in [0.3, 0.4) is 0 Å². The molecule has 0 amide bonds. The summed E-state index contributed by atoms with van der Waals surface area (Å²) >= 11 is 0. The molecule has 1 fully saturated rings. The Labute approximate surface area is 169 Å². The number of carbonyl (C=O) groups is 3. The van der Waals surface area contributed by atoms with Crippen molar-refractivity contribution in [1.82, 2.24) is 0 Å². The molecular weight excluding hydrogens is 356 g/mol. The quantitative estimate of drug-likeness (QED) is 0.324. The van der Waals surface area contributed by atoms with E-state index in [0.29, 0.717) is 31.5 Å². The summed E-state index contributed by atoms with van der Waals surface area (Å²) in [7, 11) is 0. The molecule has 160 valence electrons. The lowest BCUT2D eigenvalue weighted by atomic mass is 9.86. The lowest BCUT2D eigenvalue weighted by Crippen LogP contribution is -2.36. The molecule has 3 atom stereocenters. The van der Waals surface area contributed by atoms with E-state index in [1.54, 1.807) is 0 Å². The molecule has 0 radical (unpaired) electrons. The summed E-state index contributed by atoms with van der Waals surface area (Å²) in [5, 5.41) is 19.3. The zero-order chi connectivity index (χ0) is 21.0. The average molecular weight is 395 g/mol. The van der Waals surface area contributed by atoms with Crippen LogP contribution in [0.1, 0.15) is 90.9 Å². The molecule has 1 saturated carbocycles. The Bertz CT molecular complexity index is 539. The van der Waals surface area contributed by atoms with E-state index in [4.69, 9.17) is 5.11 Å². The highest BCUT2D eigenvalue weighted by Gasteiger charge is 2.33. The summed E-state index contributed by atoms with van der Waals surface area (Å²) in [6, 6.07) is 0. The van der Waals surface area contributed by atoms with E-state index in [1.807, 2.05) is 19.1 Å². The van der Waals surface area contributed by atoms with Gasteiger partial charge in [0.15, 0.2) is 11.6 Å². The van der Waals surface area contributed by atoms with E-state index in [9.17, 15) is 19.5 Å². The molecule has 2 N–H and O–H groups in total. The van der Waals surface area contributed by atoms with Gasteiger partial charge >= 0.3 is 0 Å². The SMILES string of the molecule is CCCC[C@](O)(CC=C[C@H]1CCC(=O)[C@@H]1CCCCCCC(=O)CO)C(C)=O. The van der Waals surface area contributed by atoms with Crippen molar-refractivity contribution in [3.63, 3.8) is 0 Å². The number of hydrogen-bond acceptors (Lipinski definition) is 5. The molecule has 0 aromatic carbocycles. The molecule has 5 heteroatoms. The fourth-order valence-electron chi connectivity index (χ4n) is 3.99. The monoisotopic (exact) mass is 394 g/mol. The minimum absolute atomic E-state index is 0.0383. The topological polar surface area (TPSA) is 91.7 Å². The van der Waals surface area contributed by atoms with Crippen molar-refractivity contribution in [1.29, 1.82) is 0 Å². The number of allylic oxidation sites excluding steroid dienone is 1. The molecule has 0 bridgehead atoms. The first-order valence-electron chi connectivity index (χ1n) is 10.9. The first-order chi connectivity index (χ1) is 13.3. The van der Waals surface area contributed by atoms with Gasteiger partial charge in [0.1, 0.15) is 18.0 Å². The van der Waals surface area contributed by atoms with Crippen LogP contribution < -0.4 is 0 Å². The molecule has 1 aliphatic rings. The van der Waals surface area contributed by atoms with Gasteiger partial charge in [-0.3, -0.25) is 14.4 Å². The lowest BCUT2D eigenvalue weighted by Gasteiger charge is -2.24. The number of aliphatic hydroxyl groups excluding tert-OH is 1. The zero-order valence-electron chi connectivity index (χ0n) is 17.6. The third-order valence-electron chi connectivity index (χ3n) is 5.99. The number of Topliss-reactive ketones (excluding diaryl/α,β-unsaturated/α-hetero) is 3. The maximum Gasteiger partial charge on any atom is 0.161 e. The number of unbranched alkanes of at least 4 members (excludes halogenated alkanes) is 4. The summed E-state index contributed by atoms with van der Waals surface area (Å²) < 4.78 is 0. The number of aliphatic hydroxyl groups is 2. The number of rotatable bonds is 15. The highest BCUT2D eigenvalue weighted by molar-refractivity contribution is 5.85. The van der Waals surface area contributed by atoms with Crippen LogP contribution in [0.25, 0.3) is 0 Å². The zero-order valence-corrected chi connectivity index (χ0v) is 17.6. The maximum atomic E-state index is 12.2. The Balaban J connectivity index is 2.44. The Morgan fingerprint density at radius 2 is 1.89 bits per heavy atom. The van der Waals surface area contributed by atoms with E-state index >= 15 is 0 Å². The standard InChI is InChI=1S/C23H38O5/c1-3-4-15-23(28,18(2)25)16-9-10-19-13-14-22(27)21(19)12-8-6-5-7-11-20(26)17-24/h9-10,19,21,24,28H,3-8,11-17H2,1-2H3/t19-,21+,23-/m0/s1. The molecular formula is C23H38O5. The first kappa shape index (κ1) is 24.7. The Morgan fingerprint density at radius 3 is 2.54 bits per heavy atom. The van der Waals surface area contributed by atoms with Gasteiger partial charge in [-0.1, -0.05) is 51.2 Å². The lowest BCUT2D eigenvalue weighted by molar-refractivity contribution is -0.135. The van der Waals surface area contributed by atoms with E-state index in [1.165, 1.54) is 6.92 Å². The van der Waals surface area contributed by atoms with Crippen LogP contribution in [0.4, 0.5) is 0 Å². The molecule has 0 aromatic rings. The van der Waals surface area contributed by atoms with E-state index < -0.39 is 5.60 Å². The Hall–Kier alpha value is -1.33. The van der Waals surface area contributed by atoms with Gasteiger partial charge in [-0.05, 0) is 38.5 Å². The Morgan fingerprint density at radius 1 is 1.18 bits per heavy atom. The van der Waals surface area contributed by atoms with Crippen LogP contribution in [-0.4, -0.2) is 39.8 Å². The van der Waals surface area contributed by atoms with Crippen molar-refractivity contribution >= 4 is 17.3 Å². The molecule has 5 nitrogen and oxygen atoms in total. The van der Waals surface area contributed by atoms with Gasteiger partial charge in [0.25, 0.3) is 0 Å². The van der Waals surface area contributed by atoms with Gasteiger partial charge in [-0.15, -0.1) is 0 Å². The van der Waals surface area contributed by atoms with Crippen LogP contribution in [0.15, 0.2) is 12.2 Å². The fraction of sp³-hybridized carbons (Fsp3) is 0.783. The van der Waals surface area contributed by atoms with Crippen LogP contribution in [-0.2, 0) is 14.4 Å². The fourth-order valence-corrected chi connectivity index (χ4v) is 3.99. The Kier molecular flexibility index (Phi) is 11.5. The molecule has 0 spiro atoms. The van der Waals surface area contributed by atoms with Crippen LogP contribution in [0, 0.1) is 11.8 Å². The molecule has 28 heavy (non-hydrogen) atoms. The molecule has 1 aliphatic carbocycles. The van der Waals surface area contributed by atoms with E-state index in [-0.39, 0.29) is 30.0 Å². The number of ketones is 3. The second-order valence-electron chi connectivity index (χ2n) is 8.25. The molecule has 1 rings (SSSR count). The largest absolute Gasteiger partial charge is 0.389 e. The minimum Gasteiger partial charge on any atom is -0.389 e. The summed E-state index contributed by atoms with van der Waals surface area (Å²) in [5.41, 5.74) is -1.28. The van der Waals surface area contributed by atoms with E-state index in [2.05, 4.69) is 0 Å². The van der Waals surface area contributed by atoms with Crippen LogP contribution >= 0.6 is 0 Å². The normalized spacial score (nSPS) is 21.9. The smallest absolute Gasteiger partial charge is 0.161 e. The molecule has 0 unspecified atom stereocenters. The van der Waals surface area contributed by atoms with Gasteiger partial charge in [-0.25, -0.2) is 0 Å². The van der Waals surface area contributed by atoms with Gasteiger partial charge < -0.3 is 10.2 Å².